The second kappa shape index (κ2) is 5.64. The van der Waals surface area contributed by atoms with Crippen LogP contribution in [0.15, 0.2) is 21.5 Å². The zero-order valence-corrected chi connectivity index (χ0v) is 12.8. The van der Waals surface area contributed by atoms with E-state index in [0.717, 1.165) is 0 Å². The van der Waals surface area contributed by atoms with Crippen molar-refractivity contribution >= 4 is 26.0 Å². The van der Waals surface area contributed by atoms with Crippen LogP contribution in [0.4, 0.5) is 4.39 Å². The van der Waals surface area contributed by atoms with Crippen molar-refractivity contribution in [2.45, 2.75) is 24.8 Å². The lowest BCUT2D eigenvalue weighted by Crippen LogP contribution is -2.39. The van der Waals surface area contributed by atoms with Crippen LogP contribution in [0.25, 0.3) is 0 Å². The lowest BCUT2D eigenvalue weighted by Gasteiger charge is -2.24. The van der Waals surface area contributed by atoms with Crippen LogP contribution in [0, 0.1) is 12.7 Å². The molecule has 0 radical (unpaired) electrons. The summed E-state index contributed by atoms with van der Waals surface area (Å²) >= 11 is 2.99. The van der Waals surface area contributed by atoms with Gasteiger partial charge in [-0.05, 0) is 47.5 Å². The molecule has 1 rings (SSSR count). The summed E-state index contributed by atoms with van der Waals surface area (Å²) in [6, 6.07) is 2.15. The maximum Gasteiger partial charge on any atom is 0.243 e. The molecule has 0 saturated heterocycles. The fourth-order valence-electron chi connectivity index (χ4n) is 1.45. The van der Waals surface area contributed by atoms with Crippen molar-refractivity contribution in [3.63, 3.8) is 0 Å². The molecule has 0 aliphatic carbocycles. The number of likely N-dealkylation sites (N-methyl/N-ethyl adjacent to an activating group) is 1. The molecule has 1 atom stereocenters. The molecule has 0 amide bonds. The first-order chi connectivity index (χ1) is 8.21. The van der Waals surface area contributed by atoms with Crippen molar-refractivity contribution < 1.29 is 12.8 Å². The second-order valence-corrected chi connectivity index (χ2v) is 6.96. The molecule has 0 fully saturated rings. The first kappa shape index (κ1) is 15.6. The Morgan fingerprint density at radius 3 is 2.56 bits per heavy atom. The summed E-state index contributed by atoms with van der Waals surface area (Å²) in [6.07, 6.45) is 0. The minimum Gasteiger partial charge on any atom is -0.329 e. The third kappa shape index (κ3) is 2.90. The first-order valence-electron chi connectivity index (χ1n) is 5.35. The number of halogens is 2. The lowest BCUT2D eigenvalue weighted by molar-refractivity contribution is 0.394. The molecule has 0 bridgehead atoms. The predicted molar refractivity (Wildman–Crippen MR) is 72.3 cm³/mol. The van der Waals surface area contributed by atoms with Gasteiger partial charge in [-0.3, -0.25) is 0 Å². The number of aryl methyl sites for hydroxylation is 1. The molecule has 18 heavy (non-hydrogen) atoms. The summed E-state index contributed by atoms with van der Waals surface area (Å²) in [7, 11) is -2.20. The van der Waals surface area contributed by atoms with E-state index in [4.69, 9.17) is 5.73 Å². The summed E-state index contributed by atoms with van der Waals surface area (Å²) in [5.74, 6) is -0.485. The molecule has 0 spiro atoms. The maximum atomic E-state index is 13.3. The molecule has 1 unspecified atom stereocenters. The molecule has 0 aromatic heterocycles. The van der Waals surface area contributed by atoms with Gasteiger partial charge in [0.05, 0.1) is 9.37 Å². The standard InChI is InChI=1S/C11H16BrFN2O2S/c1-7-4-10(13)9(12)5-11(7)18(16,17)15(3)8(2)6-14/h4-5,8H,6,14H2,1-3H3. The van der Waals surface area contributed by atoms with Crippen molar-refractivity contribution in [2.75, 3.05) is 13.6 Å². The van der Waals surface area contributed by atoms with Gasteiger partial charge in [0, 0.05) is 19.6 Å². The average Bonchev–Trinajstić information content (AvgIpc) is 2.31. The zero-order valence-electron chi connectivity index (χ0n) is 10.4. The molecule has 0 saturated carbocycles. The highest BCUT2D eigenvalue weighted by molar-refractivity contribution is 9.10. The van der Waals surface area contributed by atoms with Crippen LogP contribution in [0.1, 0.15) is 12.5 Å². The Bertz CT molecular complexity index is 548. The number of sulfonamides is 1. The maximum absolute atomic E-state index is 13.3. The van der Waals surface area contributed by atoms with Crippen LogP contribution in [0.5, 0.6) is 0 Å². The predicted octanol–water partition coefficient (Wildman–Crippen LogP) is 1.86. The molecule has 1 aromatic carbocycles. The van der Waals surface area contributed by atoms with E-state index in [2.05, 4.69) is 15.9 Å². The van der Waals surface area contributed by atoms with Gasteiger partial charge < -0.3 is 5.73 Å². The molecule has 0 aliphatic heterocycles. The van der Waals surface area contributed by atoms with E-state index in [0.29, 0.717) is 5.56 Å². The molecule has 0 aliphatic rings. The van der Waals surface area contributed by atoms with E-state index in [1.165, 1.54) is 23.5 Å². The third-order valence-corrected chi connectivity index (χ3v) is 5.56. The van der Waals surface area contributed by atoms with Crippen molar-refractivity contribution in [3.8, 4) is 0 Å². The highest BCUT2D eigenvalue weighted by Gasteiger charge is 2.27. The summed E-state index contributed by atoms with van der Waals surface area (Å²) in [5.41, 5.74) is 5.83. The molecule has 1 aromatic rings. The van der Waals surface area contributed by atoms with E-state index >= 15 is 0 Å². The highest BCUT2D eigenvalue weighted by atomic mass is 79.9. The fourth-order valence-corrected chi connectivity index (χ4v) is 3.54. The topological polar surface area (TPSA) is 63.4 Å². The van der Waals surface area contributed by atoms with Gasteiger partial charge in [-0.2, -0.15) is 4.31 Å². The van der Waals surface area contributed by atoms with Gasteiger partial charge in [-0.15, -0.1) is 0 Å². The normalized spacial score (nSPS) is 13.9. The SMILES string of the molecule is Cc1cc(F)c(Br)cc1S(=O)(=O)N(C)C(C)CN. The van der Waals surface area contributed by atoms with Gasteiger partial charge in [0.15, 0.2) is 0 Å². The number of nitrogens with zero attached hydrogens (tertiary/aromatic N) is 1. The summed E-state index contributed by atoms with van der Waals surface area (Å²) in [4.78, 5) is 0.0820. The molecule has 2 N–H and O–H groups in total. The van der Waals surface area contributed by atoms with Gasteiger partial charge >= 0.3 is 0 Å². The summed E-state index contributed by atoms with van der Waals surface area (Å²) in [5, 5.41) is 0. The average molecular weight is 339 g/mol. The third-order valence-electron chi connectivity index (χ3n) is 2.84. The number of benzene rings is 1. The second-order valence-electron chi connectivity index (χ2n) is 4.14. The number of hydrogen-bond donors (Lipinski definition) is 1. The molecular formula is C11H16BrFN2O2S. The first-order valence-corrected chi connectivity index (χ1v) is 7.59. The van der Waals surface area contributed by atoms with Gasteiger partial charge in [-0.1, -0.05) is 0 Å². The number of nitrogens with two attached hydrogens (primary N) is 1. The zero-order chi connectivity index (χ0) is 14.1. The minimum atomic E-state index is -3.66. The number of rotatable bonds is 4. The van der Waals surface area contributed by atoms with Gasteiger partial charge in [0.25, 0.3) is 0 Å². The van der Waals surface area contributed by atoms with Gasteiger partial charge in [0.2, 0.25) is 10.0 Å². The van der Waals surface area contributed by atoms with Crippen molar-refractivity contribution in [2.24, 2.45) is 5.73 Å². The Morgan fingerprint density at radius 2 is 2.06 bits per heavy atom. The fraction of sp³-hybridized carbons (Fsp3) is 0.455. The molecule has 0 heterocycles. The van der Waals surface area contributed by atoms with Crippen molar-refractivity contribution in [1.82, 2.24) is 4.31 Å². The lowest BCUT2D eigenvalue weighted by atomic mass is 10.2. The molecular weight excluding hydrogens is 323 g/mol. The highest BCUT2D eigenvalue weighted by Crippen LogP contribution is 2.26. The molecule has 7 heteroatoms. The van der Waals surface area contributed by atoms with Crippen molar-refractivity contribution in [3.05, 3.63) is 28.0 Å². The largest absolute Gasteiger partial charge is 0.329 e. The van der Waals surface area contributed by atoms with Crippen LogP contribution in [-0.2, 0) is 10.0 Å². The van der Waals surface area contributed by atoms with Crippen LogP contribution >= 0.6 is 15.9 Å². The Morgan fingerprint density at radius 1 is 1.50 bits per heavy atom. The summed E-state index contributed by atoms with van der Waals surface area (Å²) in [6.45, 7) is 3.49. The van der Waals surface area contributed by atoms with Crippen LogP contribution < -0.4 is 5.73 Å². The molecule has 4 nitrogen and oxygen atoms in total. The van der Waals surface area contributed by atoms with Crippen LogP contribution in [0.2, 0.25) is 0 Å². The van der Waals surface area contributed by atoms with E-state index in [9.17, 15) is 12.8 Å². The van der Waals surface area contributed by atoms with E-state index in [1.54, 1.807) is 13.8 Å². The monoisotopic (exact) mass is 338 g/mol. The van der Waals surface area contributed by atoms with Crippen LogP contribution in [0.3, 0.4) is 0 Å². The van der Waals surface area contributed by atoms with Crippen LogP contribution in [-0.4, -0.2) is 32.4 Å². The Labute approximate surface area is 115 Å². The van der Waals surface area contributed by atoms with E-state index < -0.39 is 15.8 Å². The van der Waals surface area contributed by atoms with E-state index in [-0.39, 0.29) is 22.0 Å². The smallest absolute Gasteiger partial charge is 0.243 e. The Hall–Kier alpha value is -0.500. The van der Waals surface area contributed by atoms with Crippen molar-refractivity contribution in [1.29, 1.82) is 0 Å². The minimum absolute atomic E-state index is 0.0820. The molecule has 102 valence electrons. The van der Waals surface area contributed by atoms with E-state index in [1.807, 2.05) is 0 Å². The number of hydrogen-bond acceptors (Lipinski definition) is 3. The summed E-state index contributed by atoms with van der Waals surface area (Å²) < 4.78 is 39.3. The Kier molecular flexibility index (Phi) is 4.88. The quantitative estimate of drug-likeness (QED) is 0.911. The van der Waals surface area contributed by atoms with Gasteiger partial charge in [-0.25, -0.2) is 12.8 Å². The van der Waals surface area contributed by atoms with Gasteiger partial charge in [0.1, 0.15) is 5.82 Å². The Balaban J connectivity index is 3.33.